The number of aromatic nitrogens is 6. The standard InChI is InChI=1S/C26H23F3N6O2/c1-25(2,26(27,28)29)23-11-20(33-37-23)10-21(36)8-16-4-6-17(7-5-16)22-14-30-24-9-18(12-32-35(22)24)19-13-31-34(3)15-19/h4-7,9,11-15H,8,10H2,1-3H3. The zero-order valence-corrected chi connectivity index (χ0v) is 20.3. The first-order chi connectivity index (χ1) is 17.5. The van der Waals surface area contributed by atoms with Crippen LogP contribution in [-0.4, -0.2) is 41.5 Å². The third kappa shape index (κ3) is 4.76. The van der Waals surface area contributed by atoms with Gasteiger partial charge in [0, 0.05) is 42.4 Å². The molecule has 190 valence electrons. The Balaban J connectivity index is 1.27. The molecule has 4 heterocycles. The van der Waals surface area contributed by atoms with Crippen LogP contribution in [0.2, 0.25) is 0 Å². The number of rotatable bonds is 7. The largest absolute Gasteiger partial charge is 0.401 e. The fourth-order valence-corrected chi connectivity index (χ4v) is 3.92. The molecular weight excluding hydrogens is 485 g/mol. The van der Waals surface area contributed by atoms with Crippen LogP contribution in [0.15, 0.2) is 65.7 Å². The normalized spacial score (nSPS) is 12.4. The topological polar surface area (TPSA) is 91.1 Å². The molecule has 0 N–H and O–H groups in total. The molecule has 1 aromatic carbocycles. The Morgan fingerprint density at radius 1 is 0.946 bits per heavy atom. The van der Waals surface area contributed by atoms with Crippen molar-refractivity contribution in [2.75, 3.05) is 0 Å². The molecule has 0 aliphatic rings. The molecule has 0 saturated carbocycles. The van der Waals surface area contributed by atoms with Gasteiger partial charge in [0.05, 0.1) is 36.4 Å². The van der Waals surface area contributed by atoms with Crippen LogP contribution in [0.3, 0.4) is 0 Å². The summed E-state index contributed by atoms with van der Waals surface area (Å²) in [6.45, 7) is 2.03. The fraction of sp³-hybridized carbons (Fsp3) is 0.269. The molecule has 8 nitrogen and oxygen atoms in total. The number of Topliss-reactive ketones (excluding diaryl/α,β-unsaturated/α-hetero) is 1. The molecule has 0 radical (unpaired) electrons. The highest BCUT2D eigenvalue weighted by molar-refractivity contribution is 5.83. The van der Waals surface area contributed by atoms with E-state index < -0.39 is 11.6 Å². The van der Waals surface area contributed by atoms with Crippen LogP contribution >= 0.6 is 0 Å². The van der Waals surface area contributed by atoms with E-state index in [-0.39, 0.29) is 30.1 Å². The number of hydrogen-bond donors (Lipinski definition) is 0. The van der Waals surface area contributed by atoms with Crippen molar-refractivity contribution in [3.63, 3.8) is 0 Å². The summed E-state index contributed by atoms with van der Waals surface area (Å²) in [4.78, 5) is 17.0. The number of nitrogens with zero attached hydrogens (tertiary/aromatic N) is 6. The summed E-state index contributed by atoms with van der Waals surface area (Å²) < 4.78 is 48.0. The lowest BCUT2D eigenvalue weighted by Crippen LogP contribution is -2.35. The number of benzene rings is 1. The number of ketones is 1. The second-order valence-corrected chi connectivity index (χ2v) is 9.45. The summed E-state index contributed by atoms with van der Waals surface area (Å²) in [5, 5.41) is 12.4. The quantitative estimate of drug-likeness (QED) is 0.308. The van der Waals surface area contributed by atoms with Crippen molar-refractivity contribution in [3.8, 4) is 22.4 Å². The second-order valence-electron chi connectivity index (χ2n) is 9.45. The Hall–Kier alpha value is -4.28. The Morgan fingerprint density at radius 3 is 2.35 bits per heavy atom. The first kappa shape index (κ1) is 24.4. The minimum absolute atomic E-state index is 0.115. The van der Waals surface area contributed by atoms with E-state index in [9.17, 15) is 18.0 Å². The summed E-state index contributed by atoms with van der Waals surface area (Å²) in [6, 6.07) is 10.6. The third-order valence-electron chi connectivity index (χ3n) is 6.31. The van der Waals surface area contributed by atoms with Crippen LogP contribution in [-0.2, 0) is 30.1 Å². The number of imidazole rings is 1. The van der Waals surface area contributed by atoms with Gasteiger partial charge in [-0.1, -0.05) is 29.4 Å². The Bertz CT molecular complexity index is 1580. The Morgan fingerprint density at radius 2 is 1.68 bits per heavy atom. The molecule has 4 aromatic heterocycles. The first-order valence-corrected chi connectivity index (χ1v) is 11.5. The highest BCUT2D eigenvalue weighted by Crippen LogP contribution is 2.40. The van der Waals surface area contributed by atoms with Crippen LogP contribution in [0.25, 0.3) is 28.0 Å². The minimum Gasteiger partial charge on any atom is -0.360 e. The maximum absolute atomic E-state index is 13.2. The maximum Gasteiger partial charge on any atom is 0.401 e. The molecule has 0 aliphatic carbocycles. The van der Waals surface area contributed by atoms with Gasteiger partial charge in [-0.25, -0.2) is 9.50 Å². The third-order valence-corrected chi connectivity index (χ3v) is 6.31. The van der Waals surface area contributed by atoms with Gasteiger partial charge in [-0.3, -0.25) is 9.48 Å². The maximum atomic E-state index is 13.2. The summed E-state index contributed by atoms with van der Waals surface area (Å²) >= 11 is 0. The van der Waals surface area contributed by atoms with Gasteiger partial charge < -0.3 is 4.52 Å². The highest BCUT2D eigenvalue weighted by atomic mass is 19.4. The number of fused-ring (bicyclic) bond motifs is 1. The summed E-state index contributed by atoms with van der Waals surface area (Å²) in [5.41, 5.74) is 2.98. The van der Waals surface area contributed by atoms with E-state index >= 15 is 0 Å². The van der Waals surface area contributed by atoms with E-state index in [0.717, 1.165) is 41.8 Å². The van der Waals surface area contributed by atoms with Crippen molar-refractivity contribution in [2.24, 2.45) is 7.05 Å². The van der Waals surface area contributed by atoms with Crippen molar-refractivity contribution in [3.05, 3.63) is 78.2 Å². The average Bonchev–Trinajstić information content (AvgIpc) is 3.58. The SMILES string of the molecule is Cn1cc(-c2cnn3c(-c4ccc(CC(=O)Cc5cc(C(C)(C)C(F)(F)F)on5)cc4)cnc3c2)cn1. The van der Waals surface area contributed by atoms with E-state index in [1.165, 1.54) is 6.07 Å². The monoisotopic (exact) mass is 508 g/mol. The average molecular weight is 509 g/mol. The smallest absolute Gasteiger partial charge is 0.360 e. The van der Waals surface area contributed by atoms with E-state index in [1.54, 1.807) is 27.8 Å². The lowest BCUT2D eigenvalue weighted by Gasteiger charge is -2.24. The number of hydrogen-bond acceptors (Lipinski definition) is 6. The number of halogens is 3. The number of alkyl halides is 3. The van der Waals surface area contributed by atoms with E-state index in [2.05, 4.69) is 20.3 Å². The zero-order chi connectivity index (χ0) is 26.4. The van der Waals surface area contributed by atoms with Crippen LogP contribution in [0.5, 0.6) is 0 Å². The summed E-state index contributed by atoms with van der Waals surface area (Å²) in [5.74, 6) is -0.502. The molecule has 11 heteroatoms. The highest BCUT2D eigenvalue weighted by Gasteiger charge is 2.51. The second kappa shape index (κ2) is 8.99. The van der Waals surface area contributed by atoms with E-state index in [1.807, 2.05) is 43.6 Å². The molecule has 0 aliphatic heterocycles. The van der Waals surface area contributed by atoms with Gasteiger partial charge in [-0.2, -0.15) is 23.4 Å². The summed E-state index contributed by atoms with van der Waals surface area (Å²) in [7, 11) is 1.85. The number of aryl methyl sites for hydroxylation is 1. The van der Waals surface area contributed by atoms with Gasteiger partial charge in [0.25, 0.3) is 0 Å². The van der Waals surface area contributed by atoms with Gasteiger partial charge in [0.15, 0.2) is 11.4 Å². The molecule has 5 rings (SSSR count). The lowest BCUT2D eigenvalue weighted by molar-refractivity contribution is -0.185. The zero-order valence-electron chi connectivity index (χ0n) is 20.3. The Labute approximate surface area is 209 Å². The fourth-order valence-electron chi connectivity index (χ4n) is 3.92. The molecule has 0 saturated heterocycles. The number of carbonyl (C=O) groups excluding carboxylic acids is 1. The van der Waals surface area contributed by atoms with Crippen LogP contribution in [0, 0.1) is 0 Å². The first-order valence-electron chi connectivity index (χ1n) is 11.5. The van der Waals surface area contributed by atoms with Crippen molar-refractivity contribution in [1.29, 1.82) is 0 Å². The van der Waals surface area contributed by atoms with Crippen molar-refractivity contribution < 1.29 is 22.5 Å². The van der Waals surface area contributed by atoms with E-state index in [4.69, 9.17) is 4.52 Å². The van der Waals surface area contributed by atoms with Gasteiger partial charge in [0.2, 0.25) is 0 Å². The van der Waals surface area contributed by atoms with Crippen LogP contribution in [0.4, 0.5) is 13.2 Å². The predicted molar refractivity (Wildman–Crippen MR) is 129 cm³/mol. The number of carbonyl (C=O) groups is 1. The molecule has 0 amide bonds. The predicted octanol–water partition coefficient (Wildman–Crippen LogP) is 4.98. The molecular formula is C26H23F3N6O2. The molecule has 5 aromatic rings. The van der Waals surface area contributed by atoms with Gasteiger partial charge >= 0.3 is 6.18 Å². The molecule has 0 spiro atoms. The molecule has 0 unspecified atom stereocenters. The summed E-state index contributed by atoms with van der Waals surface area (Å²) in [6.07, 6.45) is 2.67. The van der Waals surface area contributed by atoms with Crippen molar-refractivity contribution >= 4 is 11.4 Å². The molecule has 0 fully saturated rings. The van der Waals surface area contributed by atoms with Crippen LogP contribution in [0.1, 0.15) is 30.9 Å². The molecule has 0 bridgehead atoms. The van der Waals surface area contributed by atoms with Gasteiger partial charge in [-0.05, 0) is 25.5 Å². The molecule has 0 atom stereocenters. The van der Waals surface area contributed by atoms with Crippen molar-refractivity contribution in [1.82, 2.24) is 29.5 Å². The minimum atomic E-state index is -4.49. The van der Waals surface area contributed by atoms with Gasteiger partial charge in [-0.15, -0.1) is 0 Å². The van der Waals surface area contributed by atoms with Crippen LogP contribution < -0.4 is 0 Å². The Kier molecular flexibility index (Phi) is 5.93. The van der Waals surface area contributed by atoms with E-state index in [0.29, 0.717) is 5.65 Å². The van der Waals surface area contributed by atoms with Crippen molar-refractivity contribution in [2.45, 2.75) is 38.3 Å². The van der Waals surface area contributed by atoms with Gasteiger partial charge in [0.1, 0.15) is 11.2 Å². The lowest BCUT2D eigenvalue weighted by atomic mass is 9.89. The molecule has 37 heavy (non-hydrogen) atoms.